The molecule has 0 unspecified atom stereocenters. The number of aromatic amines is 1. The fourth-order valence-electron chi connectivity index (χ4n) is 2.39. The third kappa shape index (κ3) is 2.08. The van der Waals surface area contributed by atoms with E-state index in [0.717, 1.165) is 15.4 Å². The minimum atomic E-state index is -0.307. The molecule has 0 atom stereocenters. The minimum Gasteiger partial charge on any atom is -0.451 e. The van der Waals surface area contributed by atoms with Crippen molar-refractivity contribution < 1.29 is 9.21 Å². The van der Waals surface area contributed by atoms with Crippen molar-refractivity contribution in [2.45, 2.75) is 0 Å². The number of H-pyrrole nitrogens is 1. The van der Waals surface area contributed by atoms with Gasteiger partial charge in [0.2, 0.25) is 0 Å². The van der Waals surface area contributed by atoms with Gasteiger partial charge in [-0.25, -0.2) is 4.98 Å². The van der Waals surface area contributed by atoms with Crippen LogP contribution in [-0.2, 0) is 0 Å². The lowest BCUT2D eigenvalue weighted by Gasteiger charge is -2.03. The van der Waals surface area contributed by atoms with Gasteiger partial charge in [0, 0.05) is 9.86 Å². The van der Waals surface area contributed by atoms with Crippen LogP contribution in [0.3, 0.4) is 0 Å². The number of para-hydroxylation sites is 1. The summed E-state index contributed by atoms with van der Waals surface area (Å²) in [5, 5.41) is 3.70. The van der Waals surface area contributed by atoms with Crippen LogP contribution >= 0.6 is 15.9 Å². The Hall–Kier alpha value is -2.60. The number of nitrogens with zero attached hydrogens (tertiary/aromatic N) is 1. The van der Waals surface area contributed by atoms with Crippen LogP contribution in [-0.4, -0.2) is 15.9 Å². The number of amides is 1. The van der Waals surface area contributed by atoms with E-state index in [1.54, 1.807) is 18.5 Å². The number of imidazole rings is 1. The van der Waals surface area contributed by atoms with Crippen molar-refractivity contribution in [3.63, 3.8) is 0 Å². The van der Waals surface area contributed by atoms with E-state index in [4.69, 9.17) is 4.42 Å². The van der Waals surface area contributed by atoms with Crippen LogP contribution in [0.15, 0.2) is 57.7 Å². The molecule has 2 aromatic heterocycles. The summed E-state index contributed by atoms with van der Waals surface area (Å²) in [6.45, 7) is 0. The predicted molar refractivity (Wildman–Crippen MR) is 88.0 cm³/mol. The normalized spacial score (nSPS) is 11.1. The van der Waals surface area contributed by atoms with E-state index in [0.29, 0.717) is 16.8 Å². The molecule has 4 aromatic rings. The highest BCUT2D eigenvalue weighted by Crippen LogP contribution is 2.28. The molecule has 0 spiro atoms. The Morgan fingerprint density at radius 1 is 1.23 bits per heavy atom. The number of benzene rings is 2. The van der Waals surface area contributed by atoms with E-state index in [2.05, 4.69) is 31.2 Å². The molecule has 0 fully saturated rings. The van der Waals surface area contributed by atoms with Crippen LogP contribution in [0.1, 0.15) is 10.6 Å². The number of nitrogens with one attached hydrogen (secondary N) is 2. The molecule has 0 aliphatic heterocycles. The smallest absolute Gasteiger partial charge is 0.291 e. The lowest BCUT2D eigenvalue weighted by molar-refractivity contribution is 0.0999. The Kier molecular flexibility index (Phi) is 2.97. The highest BCUT2D eigenvalue weighted by molar-refractivity contribution is 9.10. The second-order valence-electron chi connectivity index (χ2n) is 4.82. The van der Waals surface area contributed by atoms with Gasteiger partial charge in [-0.15, -0.1) is 0 Å². The van der Waals surface area contributed by atoms with Gasteiger partial charge in [0.15, 0.2) is 5.76 Å². The molecular weight excluding hydrogens is 346 g/mol. The molecule has 1 amide bonds. The van der Waals surface area contributed by atoms with E-state index in [1.165, 1.54) is 0 Å². The van der Waals surface area contributed by atoms with E-state index in [-0.39, 0.29) is 11.7 Å². The number of hydrogen-bond donors (Lipinski definition) is 2. The number of aromatic nitrogens is 2. The standard InChI is InChI=1S/C16H10BrN3O2/c17-10-3-1-6-13-9(10)7-14(22-13)16(21)20-12-5-2-4-11-15(12)19-8-18-11/h1-8H,(H,18,19)(H,20,21). The van der Waals surface area contributed by atoms with Crippen LogP contribution in [0, 0.1) is 0 Å². The molecule has 6 heteroatoms. The lowest BCUT2D eigenvalue weighted by atomic mass is 10.2. The largest absolute Gasteiger partial charge is 0.451 e. The van der Waals surface area contributed by atoms with Crippen LogP contribution in [0.25, 0.3) is 22.0 Å². The zero-order valence-electron chi connectivity index (χ0n) is 11.3. The summed E-state index contributed by atoms with van der Waals surface area (Å²) in [7, 11) is 0. The van der Waals surface area contributed by atoms with E-state index in [9.17, 15) is 4.79 Å². The molecule has 0 bridgehead atoms. The summed E-state index contributed by atoms with van der Waals surface area (Å²) in [4.78, 5) is 19.6. The SMILES string of the molecule is O=C(Nc1cccc2[nH]cnc12)c1cc2c(Br)cccc2o1. The summed E-state index contributed by atoms with van der Waals surface area (Å²) in [5.74, 6) is -0.0481. The fourth-order valence-corrected chi connectivity index (χ4v) is 2.85. The van der Waals surface area contributed by atoms with Crippen LogP contribution in [0.4, 0.5) is 5.69 Å². The molecular formula is C16H10BrN3O2. The maximum Gasteiger partial charge on any atom is 0.291 e. The number of carbonyl (C=O) groups is 1. The predicted octanol–water partition coefficient (Wildman–Crippen LogP) is 4.32. The van der Waals surface area contributed by atoms with E-state index in [1.807, 2.05) is 30.3 Å². The van der Waals surface area contributed by atoms with Gasteiger partial charge >= 0.3 is 0 Å². The minimum absolute atomic E-state index is 0.259. The van der Waals surface area contributed by atoms with Crippen molar-refractivity contribution in [1.82, 2.24) is 9.97 Å². The molecule has 22 heavy (non-hydrogen) atoms. The molecule has 5 nitrogen and oxygen atoms in total. The van der Waals surface area contributed by atoms with Crippen molar-refractivity contribution in [3.8, 4) is 0 Å². The Morgan fingerprint density at radius 3 is 2.95 bits per heavy atom. The summed E-state index contributed by atoms with van der Waals surface area (Å²) in [6.07, 6.45) is 1.60. The Balaban J connectivity index is 1.71. The van der Waals surface area contributed by atoms with Crippen LogP contribution < -0.4 is 5.32 Å². The average Bonchev–Trinajstić information content (AvgIpc) is 3.14. The zero-order valence-corrected chi connectivity index (χ0v) is 12.8. The second kappa shape index (κ2) is 4.99. The van der Waals surface area contributed by atoms with Crippen molar-refractivity contribution in [1.29, 1.82) is 0 Å². The molecule has 2 aromatic carbocycles. The zero-order chi connectivity index (χ0) is 15.1. The van der Waals surface area contributed by atoms with Crippen LogP contribution in [0.5, 0.6) is 0 Å². The Bertz CT molecular complexity index is 1000. The van der Waals surface area contributed by atoms with Crippen molar-refractivity contribution in [2.24, 2.45) is 0 Å². The number of anilines is 1. The van der Waals surface area contributed by atoms with Crippen molar-refractivity contribution in [2.75, 3.05) is 5.32 Å². The molecule has 0 saturated carbocycles. The van der Waals surface area contributed by atoms with Gasteiger partial charge in [0.1, 0.15) is 11.1 Å². The molecule has 2 heterocycles. The summed E-state index contributed by atoms with van der Waals surface area (Å²) in [6, 6.07) is 12.9. The van der Waals surface area contributed by atoms with Gasteiger partial charge < -0.3 is 14.7 Å². The third-order valence-corrected chi connectivity index (χ3v) is 4.12. The summed E-state index contributed by atoms with van der Waals surface area (Å²) < 4.78 is 6.50. The molecule has 4 rings (SSSR count). The number of furan rings is 1. The van der Waals surface area contributed by atoms with Crippen molar-refractivity contribution >= 4 is 49.5 Å². The number of carbonyl (C=O) groups excluding carboxylic acids is 1. The first-order chi connectivity index (χ1) is 10.7. The molecule has 0 saturated heterocycles. The van der Waals surface area contributed by atoms with Crippen LogP contribution in [0.2, 0.25) is 0 Å². The first kappa shape index (κ1) is 13.1. The van der Waals surface area contributed by atoms with Gasteiger partial charge in [-0.3, -0.25) is 4.79 Å². The fraction of sp³-hybridized carbons (Fsp3) is 0. The van der Waals surface area contributed by atoms with Gasteiger partial charge in [-0.1, -0.05) is 28.1 Å². The summed E-state index contributed by atoms with van der Waals surface area (Å²) >= 11 is 3.45. The van der Waals surface area contributed by atoms with Crippen molar-refractivity contribution in [3.05, 3.63) is 59.0 Å². The quantitative estimate of drug-likeness (QED) is 0.562. The number of hydrogen-bond acceptors (Lipinski definition) is 3. The Labute approximate surface area is 133 Å². The highest BCUT2D eigenvalue weighted by atomic mass is 79.9. The van der Waals surface area contributed by atoms with Gasteiger partial charge in [-0.2, -0.15) is 0 Å². The maximum atomic E-state index is 12.4. The molecule has 2 N–H and O–H groups in total. The average molecular weight is 356 g/mol. The third-order valence-electron chi connectivity index (χ3n) is 3.43. The van der Waals surface area contributed by atoms with Gasteiger partial charge in [0.05, 0.1) is 17.5 Å². The molecule has 108 valence electrons. The highest BCUT2D eigenvalue weighted by Gasteiger charge is 2.15. The second-order valence-corrected chi connectivity index (χ2v) is 5.68. The first-order valence-corrected chi connectivity index (χ1v) is 7.43. The van der Waals surface area contributed by atoms with E-state index < -0.39 is 0 Å². The topological polar surface area (TPSA) is 70.9 Å². The first-order valence-electron chi connectivity index (χ1n) is 6.64. The molecule has 0 radical (unpaired) electrons. The van der Waals surface area contributed by atoms with E-state index >= 15 is 0 Å². The lowest BCUT2D eigenvalue weighted by Crippen LogP contribution is -2.11. The van der Waals surface area contributed by atoms with Gasteiger partial charge in [-0.05, 0) is 30.3 Å². The van der Waals surface area contributed by atoms with Gasteiger partial charge in [0.25, 0.3) is 5.91 Å². The molecule has 0 aliphatic carbocycles. The molecule has 0 aliphatic rings. The maximum absolute atomic E-state index is 12.4. The number of rotatable bonds is 2. The number of fused-ring (bicyclic) bond motifs is 2. The monoisotopic (exact) mass is 355 g/mol. The number of halogens is 1. The summed E-state index contributed by atoms with van der Waals surface area (Å²) in [5.41, 5.74) is 2.89. The Morgan fingerprint density at radius 2 is 2.09 bits per heavy atom.